The van der Waals surface area contributed by atoms with Gasteiger partial charge >= 0.3 is 51.4 Å². The summed E-state index contributed by atoms with van der Waals surface area (Å²) in [7, 11) is -0.418. The Morgan fingerprint density at radius 3 is 2.50 bits per heavy atom. The molecule has 0 amide bonds. The molecule has 0 aromatic heterocycles. The molecule has 1 aliphatic carbocycles. The first-order chi connectivity index (χ1) is 5.08. The predicted octanol–water partition coefficient (Wildman–Crippen LogP) is 1.08. The second kappa shape index (κ2) is 5.91. The molecule has 0 saturated carbocycles. The van der Waals surface area contributed by atoms with Crippen molar-refractivity contribution in [2.24, 2.45) is 0 Å². The molecule has 0 bridgehead atoms. The van der Waals surface area contributed by atoms with Crippen molar-refractivity contribution in [2.45, 2.75) is 32.8 Å². The molecule has 0 fully saturated rings. The maximum absolute atomic E-state index is 5.74. The van der Waals surface area contributed by atoms with E-state index in [4.69, 9.17) is 4.43 Å². The Balaban J connectivity index is 0.00000121. The minimum atomic E-state index is -0.418. The van der Waals surface area contributed by atoms with Crippen LogP contribution in [0.1, 0.15) is 27.2 Å². The van der Waals surface area contributed by atoms with Gasteiger partial charge in [0.15, 0.2) is 9.76 Å². The first-order valence-corrected chi connectivity index (χ1v) is 5.35. The van der Waals surface area contributed by atoms with E-state index in [0.717, 1.165) is 6.42 Å². The van der Waals surface area contributed by atoms with Crippen LogP contribution < -0.4 is 0 Å². The molecule has 1 nitrogen and oxygen atoms in total. The number of hydrogen-bond acceptors (Lipinski definition) is 1. The molecule has 3 heteroatoms. The Kier molecular flexibility index (Phi) is 6.54. The zero-order valence-corrected chi connectivity index (χ0v) is 8.97. The van der Waals surface area contributed by atoms with Crippen LogP contribution in [-0.4, -0.2) is 66.7 Å². The summed E-state index contributed by atoms with van der Waals surface area (Å²) in [5, 5.41) is 1.51. The fourth-order valence-electron chi connectivity index (χ4n) is 0.908. The fraction of sp³-hybridized carbons (Fsp3) is 0.556. The van der Waals surface area contributed by atoms with E-state index in [2.05, 4.69) is 39.0 Å². The third kappa shape index (κ3) is 5.86. The van der Waals surface area contributed by atoms with Crippen LogP contribution >= 0.6 is 0 Å². The average molecular weight is 208 g/mol. The summed E-state index contributed by atoms with van der Waals surface area (Å²) in [5.74, 6) is 0. The summed E-state index contributed by atoms with van der Waals surface area (Å²) in [5.41, 5.74) is 0.0512. The molecular weight excluding hydrogens is 191 g/mol. The predicted molar refractivity (Wildman–Crippen MR) is 58.4 cm³/mol. The standard InChI is InChI=1S/C9H16OSi.K.H/c1-9(2,3)10-11-8-6-4-5-7-8;;/h4-6H,7,11H2,1-3H3;;. The SMILES string of the molecule is CC(C)(C)O[SiH2]C1=CC=CC1.[KH]. The van der Waals surface area contributed by atoms with Crippen molar-refractivity contribution in [1.82, 2.24) is 0 Å². The summed E-state index contributed by atoms with van der Waals surface area (Å²) in [6, 6.07) is 0. The van der Waals surface area contributed by atoms with Crippen LogP contribution in [0.2, 0.25) is 0 Å². The van der Waals surface area contributed by atoms with Gasteiger partial charge in [-0.05, 0) is 27.2 Å². The number of allylic oxidation sites excluding steroid dienone is 4. The Morgan fingerprint density at radius 1 is 1.42 bits per heavy atom. The summed E-state index contributed by atoms with van der Waals surface area (Å²) in [6.07, 6.45) is 7.63. The quantitative estimate of drug-likeness (QED) is 0.617. The first kappa shape index (κ1) is 13.3. The van der Waals surface area contributed by atoms with Crippen molar-refractivity contribution >= 4 is 61.1 Å². The van der Waals surface area contributed by atoms with Crippen LogP contribution in [-0.2, 0) is 4.43 Å². The molecule has 0 aromatic rings. The van der Waals surface area contributed by atoms with Crippen LogP contribution in [0.4, 0.5) is 0 Å². The molecule has 12 heavy (non-hydrogen) atoms. The monoisotopic (exact) mass is 208 g/mol. The third-order valence-corrected chi connectivity index (χ3v) is 3.44. The minimum absolute atomic E-state index is 0. The van der Waals surface area contributed by atoms with E-state index in [9.17, 15) is 0 Å². The van der Waals surface area contributed by atoms with Crippen LogP contribution in [0, 0.1) is 0 Å². The van der Waals surface area contributed by atoms with Crippen molar-refractivity contribution in [3.63, 3.8) is 0 Å². The van der Waals surface area contributed by atoms with Gasteiger partial charge in [-0.15, -0.1) is 0 Å². The van der Waals surface area contributed by atoms with Crippen molar-refractivity contribution in [3.05, 3.63) is 23.4 Å². The molecule has 0 N–H and O–H groups in total. The van der Waals surface area contributed by atoms with Gasteiger partial charge in [-0.3, -0.25) is 0 Å². The number of rotatable bonds is 2. The second-order valence-corrected chi connectivity index (χ2v) is 5.34. The molecule has 0 heterocycles. The molecule has 0 saturated heterocycles. The Bertz CT molecular complexity index is 191. The van der Waals surface area contributed by atoms with Crippen LogP contribution in [0.5, 0.6) is 0 Å². The van der Waals surface area contributed by atoms with Gasteiger partial charge < -0.3 is 4.43 Å². The van der Waals surface area contributed by atoms with Crippen molar-refractivity contribution < 1.29 is 4.43 Å². The first-order valence-electron chi connectivity index (χ1n) is 4.06. The summed E-state index contributed by atoms with van der Waals surface area (Å²) in [4.78, 5) is 0. The van der Waals surface area contributed by atoms with Gasteiger partial charge in [-0.25, -0.2) is 0 Å². The van der Waals surface area contributed by atoms with Crippen molar-refractivity contribution in [1.29, 1.82) is 0 Å². The van der Waals surface area contributed by atoms with Gasteiger partial charge in [-0.2, -0.15) is 0 Å². The van der Waals surface area contributed by atoms with Gasteiger partial charge in [0.25, 0.3) is 0 Å². The van der Waals surface area contributed by atoms with E-state index in [-0.39, 0.29) is 57.0 Å². The Morgan fingerprint density at radius 2 is 2.08 bits per heavy atom. The van der Waals surface area contributed by atoms with E-state index >= 15 is 0 Å². The van der Waals surface area contributed by atoms with E-state index in [1.54, 1.807) is 0 Å². The molecule has 1 rings (SSSR count). The molecule has 64 valence electrons. The van der Waals surface area contributed by atoms with E-state index in [1.165, 1.54) is 5.20 Å². The van der Waals surface area contributed by atoms with E-state index in [0.29, 0.717) is 0 Å². The van der Waals surface area contributed by atoms with Crippen LogP contribution in [0.25, 0.3) is 0 Å². The van der Waals surface area contributed by atoms with Gasteiger partial charge in [0.05, 0.1) is 0 Å². The van der Waals surface area contributed by atoms with Crippen LogP contribution in [0.3, 0.4) is 0 Å². The topological polar surface area (TPSA) is 9.23 Å². The van der Waals surface area contributed by atoms with Crippen molar-refractivity contribution in [3.8, 4) is 0 Å². The van der Waals surface area contributed by atoms with Gasteiger partial charge in [-0.1, -0.05) is 23.4 Å². The van der Waals surface area contributed by atoms with Gasteiger partial charge in [0.1, 0.15) is 0 Å². The second-order valence-electron chi connectivity index (χ2n) is 3.86. The zero-order chi connectivity index (χ0) is 8.32. The molecule has 0 radical (unpaired) electrons. The molecule has 0 atom stereocenters. The van der Waals surface area contributed by atoms with Gasteiger partial charge in [0.2, 0.25) is 0 Å². The molecular formula is C9H17KOSi. The summed E-state index contributed by atoms with van der Waals surface area (Å²) < 4.78 is 5.74. The summed E-state index contributed by atoms with van der Waals surface area (Å²) >= 11 is 0. The molecule has 0 aliphatic heterocycles. The molecule has 0 unspecified atom stereocenters. The van der Waals surface area contributed by atoms with Gasteiger partial charge in [0, 0.05) is 5.60 Å². The Labute approximate surface area is 120 Å². The summed E-state index contributed by atoms with van der Waals surface area (Å²) in [6.45, 7) is 6.34. The normalized spacial score (nSPS) is 16.8. The fourth-order valence-corrected chi connectivity index (χ4v) is 2.04. The van der Waals surface area contributed by atoms with E-state index < -0.39 is 9.76 Å². The molecule has 0 spiro atoms. The molecule has 0 aromatic carbocycles. The van der Waals surface area contributed by atoms with Crippen LogP contribution in [0.15, 0.2) is 23.4 Å². The number of hydrogen-bond donors (Lipinski definition) is 0. The van der Waals surface area contributed by atoms with E-state index in [1.807, 2.05) is 0 Å². The Hall–Kier alpha value is 1.29. The van der Waals surface area contributed by atoms with Crippen molar-refractivity contribution in [2.75, 3.05) is 0 Å². The maximum atomic E-state index is 5.74. The average Bonchev–Trinajstić information content (AvgIpc) is 2.32. The third-order valence-electron chi connectivity index (χ3n) is 1.54. The molecule has 1 aliphatic rings. The zero-order valence-electron chi connectivity index (χ0n) is 7.55.